The first-order valence-corrected chi connectivity index (χ1v) is 6.77. The van der Waals surface area contributed by atoms with Crippen LogP contribution >= 0.6 is 0 Å². The second-order valence-corrected chi connectivity index (χ2v) is 5.16. The summed E-state index contributed by atoms with van der Waals surface area (Å²) in [6, 6.07) is 2.62. The van der Waals surface area contributed by atoms with Gasteiger partial charge in [0.2, 0.25) is 5.88 Å². The summed E-state index contributed by atoms with van der Waals surface area (Å²) in [5, 5.41) is 2.65. The number of nitrogens with one attached hydrogen (secondary N) is 1. The molecule has 1 aliphatic carbocycles. The predicted octanol–water partition coefficient (Wildman–Crippen LogP) is 2.94. The number of nitrogens with zero attached hydrogens (tertiary/aromatic N) is 1. The van der Waals surface area contributed by atoms with Crippen molar-refractivity contribution in [3.63, 3.8) is 0 Å². The van der Waals surface area contributed by atoms with Gasteiger partial charge in [0.1, 0.15) is 0 Å². The number of hydrogen-bond donors (Lipinski definition) is 1. The van der Waals surface area contributed by atoms with E-state index in [1.165, 1.54) is 25.4 Å². The number of methoxy groups -OCH3 is 1. The number of amides is 1. The first kappa shape index (κ1) is 15.6. The lowest BCUT2D eigenvalue weighted by atomic mass is 9.85. The number of ether oxygens (including phenoxy) is 1. The van der Waals surface area contributed by atoms with E-state index >= 15 is 0 Å². The molecule has 1 aliphatic rings. The highest BCUT2D eigenvalue weighted by Gasteiger charge is 2.42. The molecule has 4 nitrogen and oxygen atoms in total. The highest BCUT2D eigenvalue weighted by Crippen LogP contribution is 2.37. The Hall–Kier alpha value is -1.79. The van der Waals surface area contributed by atoms with Crippen LogP contribution in [-0.2, 0) is 0 Å². The predicted molar refractivity (Wildman–Crippen MR) is 70.1 cm³/mol. The summed E-state index contributed by atoms with van der Waals surface area (Å²) in [4.78, 5) is 15.9. The Labute approximate surface area is 120 Å². The number of carbonyl (C=O) groups excluding carboxylic acids is 1. The minimum absolute atomic E-state index is 0.0567. The van der Waals surface area contributed by atoms with Gasteiger partial charge < -0.3 is 10.1 Å². The monoisotopic (exact) mass is 302 g/mol. The van der Waals surface area contributed by atoms with E-state index in [-0.39, 0.29) is 12.8 Å². The van der Waals surface area contributed by atoms with E-state index in [4.69, 9.17) is 4.74 Å². The summed E-state index contributed by atoms with van der Waals surface area (Å²) in [5.41, 5.74) is 0.310. The van der Waals surface area contributed by atoms with Crippen molar-refractivity contribution < 1.29 is 22.7 Å². The Morgan fingerprint density at radius 3 is 2.71 bits per heavy atom. The van der Waals surface area contributed by atoms with Gasteiger partial charge in [-0.05, 0) is 25.3 Å². The topological polar surface area (TPSA) is 51.2 Å². The average Bonchev–Trinajstić information content (AvgIpc) is 2.47. The minimum Gasteiger partial charge on any atom is -0.481 e. The largest absolute Gasteiger partial charge is 0.481 e. The highest BCUT2D eigenvalue weighted by atomic mass is 19.4. The van der Waals surface area contributed by atoms with Gasteiger partial charge in [0.05, 0.1) is 18.6 Å². The summed E-state index contributed by atoms with van der Waals surface area (Å²) in [6.07, 6.45) is -1.72. The Kier molecular flexibility index (Phi) is 4.69. The molecule has 1 aromatic heterocycles. The third kappa shape index (κ3) is 4.09. The van der Waals surface area contributed by atoms with Crippen LogP contribution in [0.15, 0.2) is 18.3 Å². The van der Waals surface area contributed by atoms with E-state index in [0.717, 1.165) is 0 Å². The summed E-state index contributed by atoms with van der Waals surface area (Å²) < 4.78 is 43.0. The zero-order chi connectivity index (χ0) is 15.5. The Morgan fingerprint density at radius 1 is 1.38 bits per heavy atom. The van der Waals surface area contributed by atoms with E-state index in [2.05, 4.69) is 10.3 Å². The van der Waals surface area contributed by atoms with E-state index < -0.39 is 24.0 Å². The molecule has 116 valence electrons. The maximum atomic E-state index is 12.7. The van der Waals surface area contributed by atoms with Crippen LogP contribution in [0, 0.1) is 5.92 Å². The fourth-order valence-corrected chi connectivity index (χ4v) is 2.52. The molecule has 1 fully saturated rings. The molecule has 21 heavy (non-hydrogen) atoms. The SMILES string of the molecule is COc1ccc(C(=O)N[C@@H]2CCC[C@H](C(F)(F)F)C2)cn1. The molecule has 1 N–H and O–H groups in total. The zero-order valence-electron chi connectivity index (χ0n) is 11.6. The quantitative estimate of drug-likeness (QED) is 0.934. The molecule has 2 atom stereocenters. The van der Waals surface area contributed by atoms with Crippen LogP contribution < -0.4 is 10.1 Å². The van der Waals surface area contributed by atoms with Crippen LogP contribution in [0.4, 0.5) is 13.2 Å². The van der Waals surface area contributed by atoms with Crippen LogP contribution in [0.3, 0.4) is 0 Å². The molecular weight excluding hydrogens is 285 g/mol. The lowest BCUT2D eigenvalue weighted by molar-refractivity contribution is -0.183. The summed E-state index contributed by atoms with van der Waals surface area (Å²) >= 11 is 0. The van der Waals surface area contributed by atoms with E-state index in [1.54, 1.807) is 0 Å². The normalized spacial score (nSPS) is 22.7. The van der Waals surface area contributed by atoms with Crippen LogP contribution in [0.25, 0.3) is 0 Å². The Balaban J connectivity index is 1.95. The van der Waals surface area contributed by atoms with Gasteiger partial charge in [-0.1, -0.05) is 6.42 Å². The fourth-order valence-electron chi connectivity index (χ4n) is 2.52. The zero-order valence-corrected chi connectivity index (χ0v) is 11.6. The van der Waals surface area contributed by atoms with Gasteiger partial charge in [0.25, 0.3) is 5.91 Å². The third-order valence-corrected chi connectivity index (χ3v) is 3.68. The average molecular weight is 302 g/mol. The number of pyridine rings is 1. The van der Waals surface area contributed by atoms with Gasteiger partial charge in [-0.15, -0.1) is 0 Å². The van der Waals surface area contributed by atoms with E-state index in [9.17, 15) is 18.0 Å². The molecule has 0 aliphatic heterocycles. The molecule has 1 aromatic rings. The van der Waals surface area contributed by atoms with Gasteiger partial charge in [0.15, 0.2) is 0 Å². The standard InChI is InChI=1S/C14H17F3N2O2/c1-21-12-6-5-9(8-18-12)13(20)19-11-4-2-3-10(7-11)14(15,16)17/h5-6,8,10-11H,2-4,7H2,1H3,(H,19,20)/t10-,11+/m0/s1. The van der Waals surface area contributed by atoms with Gasteiger partial charge in [-0.3, -0.25) is 4.79 Å². The maximum absolute atomic E-state index is 12.7. The second-order valence-electron chi connectivity index (χ2n) is 5.16. The first-order valence-electron chi connectivity index (χ1n) is 6.77. The van der Waals surface area contributed by atoms with Gasteiger partial charge in [-0.25, -0.2) is 4.98 Å². The van der Waals surface area contributed by atoms with Crippen molar-refractivity contribution in [2.75, 3.05) is 7.11 Å². The molecule has 1 heterocycles. The van der Waals surface area contributed by atoms with Crippen molar-refractivity contribution in [2.24, 2.45) is 5.92 Å². The van der Waals surface area contributed by atoms with Gasteiger partial charge in [-0.2, -0.15) is 13.2 Å². The van der Waals surface area contributed by atoms with Crippen molar-refractivity contribution in [3.05, 3.63) is 23.9 Å². The molecule has 0 radical (unpaired) electrons. The van der Waals surface area contributed by atoms with E-state index in [1.807, 2.05) is 0 Å². The second kappa shape index (κ2) is 6.32. The molecule has 7 heteroatoms. The van der Waals surface area contributed by atoms with Crippen molar-refractivity contribution in [1.82, 2.24) is 10.3 Å². The molecule has 2 rings (SSSR count). The lowest BCUT2D eigenvalue weighted by Gasteiger charge is -2.31. The van der Waals surface area contributed by atoms with Crippen LogP contribution in [0.5, 0.6) is 5.88 Å². The van der Waals surface area contributed by atoms with Crippen molar-refractivity contribution in [1.29, 1.82) is 0 Å². The lowest BCUT2D eigenvalue weighted by Crippen LogP contribution is -2.41. The smallest absolute Gasteiger partial charge is 0.391 e. The molecule has 0 bridgehead atoms. The summed E-state index contributed by atoms with van der Waals surface area (Å²) in [5.74, 6) is -1.36. The molecular formula is C14H17F3N2O2. The molecule has 0 saturated heterocycles. The van der Waals surface area contributed by atoms with Crippen LogP contribution in [-0.4, -0.2) is 30.2 Å². The summed E-state index contributed by atoms with van der Waals surface area (Å²) in [7, 11) is 1.46. The Bertz CT molecular complexity index is 488. The number of alkyl halides is 3. The molecule has 0 unspecified atom stereocenters. The van der Waals surface area contributed by atoms with Gasteiger partial charge in [0, 0.05) is 18.3 Å². The third-order valence-electron chi connectivity index (χ3n) is 3.68. The van der Waals surface area contributed by atoms with Crippen LogP contribution in [0.1, 0.15) is 36.0 Å². The summed E-state index contributed by atoms with van der Waals surface area (Å²) in [6.45, 7) is 0. The number of rotatable bonds is 3. The number of halogens is 3. The molecule has 1 saturated carbocycles. The highest BCUT2D eigenvalue weighted by molar-refractivity contribution is 5.94. The van der Waals surface area contributed by atoms with E-state index in [0.29, 0.717) is 24.3 Å². The van der Waals surface area contributed by atoms with Crippen molar-refractivity contribution >= 4 is 5.91 Å². The van der Waals surface area contributed by atoms with Crippen molar-refractivity contribution in [3.8, 4) is 5.88 Å². The Morgan fingerprint density at radius 2 is 2.14 bits per heavy atom. The molecule has 1 amide bonds. The van der Waals surface area contributed by atoms with Crippen LogP contribution in [0.2, 0.25) is 0 Å². The van der Waals surface area contributed by atoms with Gasteiger partial charge >= 0.3 is 6.18 Å². The number of carbonyl (C=O) groups is 1. The number of hydrogen-bond acceptors (Lipinski definition) is 3. The van der Waals surface area contributed by atoms with Crippen molar-refractivity contribution in [2.45, 2.75) is 37.9 Å². The number of aromatic nitrogens is 1. The minimum atomic E-state index is -4.19. The molecule has 0 aromatic carbocycles. The molecule has 0 spiro atoms. The first-order chi connectivity index (χ1) is 9.90. The fraction of sp³-hybridized carbons (Fsp3) is 0.571. The maximum Gasteiger partial charge on any atom is 0.391 e.